The number of ether oxygens (including phenoxy) is 1. The lowest BCUT2D eigenvalue weighted by Gasteiger charge is -2.31. The minimum atomic E-state index is -3.65. The third-order valence-electron chi connectivity index (χ3n) is 5.29. The van der Waals surface area contributed by atoms with Gasteiger partial charge in [0.05, 0.1) is 18.2 Å². The molecule has 0 saturated carbocycles. The van der Waals surface area contributed by atoms with Crippen LogP contribution in [0.25, 0.3) is 0 Å². The minimum absolute atomic E-state index is 0.148. The van der Waals surface area contributed by atoms with Crippen LogP contribution in [0.5, 0.6) is 5.75 Å². The average molecular weight is 485 g/mol. The molecule has 2 aromatic rings. The van der Waals surface area contributed by atoms with Gasteiger partial charge in [-0.15, -0.1) is 0 Å². The number of para-hydroxylation sites is 1. The van der Waals surface area contributed by atoms with Crippen LogP contribution >= 0.6 is 23.2 Å². The van der Waals surface area contributed by atoms with Crippen molar-refractivity contribution in [2.24, 2.45) is 5.92 Å². The fourth-order valence-corrected chi connectivity index (χ4v) is 5.91. The van der Waals surface area contributed by atoms with Gasteiger partial charge in [0, 0.05) is 28.7 Å². The largest absolute Gasteiger partial charge is 0.491 e. The van der Waals surface area contributed by atoms with Crippen LogP contribution in [-0.4, -0.2) is 44.9 Å². The Kier molecular flexibility index (Phi) is 8.22. The van der Waals surface area contributed by atoms with Crippen molar-refractivity contribution in [1.82, 2.24) is 9.62 Å². The molecule has 1 aliphatic heterocycles. The molecule has 0 unspecified atom stereocenters. The van der Waals surface area contributed by atoms with Crippen molar-refractivity contribution in [1.29, 1.82) is 0 Å². The SMILES string of the molecule is Cc1ccccc1OCCNC(=O)[C@@H]1CCCN(S(=O)(=O)Cc2c(Cl)cccc2Cl)C1. The third kappa shape index (κ3) is 6.35. The number of piperidine rings is 1. The summed E-state index contributed by atoms with van der Waals surface area (Å²) in [4.78, 5) is 12.6. The van der Waals surface area contributed by atoms with Crippen molar-refractivity contribution in [3.63, 3.8) is 0 Å². The maximum atomic E-state index is 12.9. The van der Waals surface area contributed by atoms with Gasteiger partial charge in [0.1, 0.15) is 12.4 Å². The number of sulfonamides is 1. The summed E-state index contributed by atoms with van der Waals surface area (Å²) >= 11 is 12.3. The Morgan fingerprint density at radius 2 is 1.87 bits per heavy atom. The highest BCUT2D eigenvalue weighted by atomic mass is 35.5. The van der Waals surface area contributed by atoms with E-state index >= 15 is 0 Å². The first kappa shape index (κ1) is 23.9. The van der Waals surface area contributed by atoms with Crippen LogP contribution in [0.1, 0.15) is 24.0 Å². The number of hydrogen-bond acceptors (Lipinski definition) is 4. The molecule has 0 spiro atoms. The van der Waals surface area contributed by atoms with Crippen molar-refractivity contribution in [2.75, 3.05) is 26.2 Å². The van der Waals surface area contributed by atoms with E-state index in [0.717, 1.165) is 11.3 Å². The first-order valence-electron chi connectivity index (χ1n) is 10.1. The van der Waals surface area contributed by atoms with Crippen LogP contribution in [0.15, 0.2) is 42.5 Å². The molecule has 1 atom stereocenters. The highest BCUT2D eigenvalue weighted by Crippen LogP contribution is 2.29. The minimum Gasteiger partial charge on any atom is -0.491 e. The van der Waals surface area contributed by atoms with Gasteiger partial charge in [-0.25, -0.2) is 12.7 Å². The number of hydrogen-bond donors (Lipinski definition) is 1. The van der Waals surface area contributed by atoms with Gasteiger partial charge in [-0.05, 0) is 43.5 Å². The first-order valence-corrected chi connectivity index (χ1v) is 12.5. The molecular formula is C22H26Cl2N2O4S. The summed E-state index contributed by atoms with van der Waals surface area (Å²) in [5.41, 5.74) is 1.41. The second kappa shape index (κ2) is 10.7. The van der Waals surface area contributed by atoms with E-state index in [0.29, 0.717) is 48.1 Å². The lowest BCUT2D eigenvalue weighted by molar-refractivity contribution is -0.126. The molecule has 0 radical (unpaired) electrons. The zero-order chi connectivity index (χ0) is 22.4. The predicted octanol–water partition coefficient (Wildman–Crippen LogP) is 4.04. The quantitative estimate of drug-likeness (QED) is 0.573. The van der Waals surface area contributed by atoms with Crippen molar-refractivity contribution in [3.8, 4) is 5.75 Å². The molecule has 1 amide bonds. The molecule has 1 fully saturated rings. The molecule has 168 valence electrons. The standard InChI is InChI=1S/C22H26Cl2N2O4S/c1-16-6-2-3-10-21(16)30-13-11-25-22(27)17-7-5-12-26(14-17)31(28,29)15-18-19(23)8-4-9-20(18)24/h2-4,6,8-10,17H,5,7,11-15H2,1H3,(H,25,27)/t17-/m1/s1. The third-order valence-corrected chi connectivity index (χ3v) is 7.77. The monoisotopic (exact) mass is 484 g/mol. The van der Waals surface area contributed by atoms with Crippen LogP contribution in [0, 0.1) is 12.8 Å². The Hall–Kier alpha value is -1.80. The molecule has 3 rings (SSSR count). The van der Waals surface area contributed by atoms with Gasteiger partial charge >= 0.3 is 0 Å². The topological polar surface area (TPSA) is 75.7 Å². The van der Waals surface area contributed by atoms with Gasteiger partial charge in [0.15, 0.2) is 0 Å². The number of rotatable bonds is 8. The molecular weight excluding hydrogens is 459 g/mol. The number of carbonyl (C=O) groups is 1. The number of carbonyl (C=O) groups excluding carboxylic acids is 1. The summed E-state index contributed by atoms with van der Waals surface area (Å²) in [5.74, 6) is -0.0675. The molecule has 2 aromatic carbocycles. The molecule has 31 heavy (non-hydrogen) atoms. The van der Waals surface area contributed by atoms with E-state index in [1.807, 2.05) is 31.2 Å². The average Bonchev–Trinajstić information content (AvgIpc) is 2.75. The van der Waals surface area contributed by atoms with Gasteiger partial charge in [-0.1, -0.05) is 47.5 Å². The van der Waals surface area contributed by atoms with Crippen LogP contribution in [0.3, 0.4) is 0 Å². The van der Waals surface area contributed by atoms with E-state index < -0.39 is 15.9 Å². The van der Waals surface area contributed by atoms with Crippen molar-refractivity contribution < 1.29 is 17.9 Å². The normalized spacial score (nSPS) is 17.3. The predicted molar refractivity (Wildman–Crippen MR) is 123 cm³/mol. The van der Waals surface area contributed by atoms with Gasteiger partial charge in [0.2, 0.25) is 15.9 Å². The van der Waals surface area contributed by atoms with Crippen LogP contribution in [0.2, 0.25) is 10.0 Å². The van der Waals surface area contributed by atoms with E-state index in [1.165, 1.54) is 4.31 Å². The number of aryl methyl sites for hydroxylation is 1. The second-order valence-corrected chi connectivity index (χ2v) is 10.3. The summed E-state index contributed by atoms with van der Waals surface area (Å²) in [5, 5.41) is 3.49. The molecule has 1 N–H and O–H groups in total. The lowest BCUT2D eigenvalue weighted by atomic mass is 9.99. The zero-order valence-electron chi connectivity index (χ0n) is 17.3. The number of amides is 1. The van der Waals surface area contributed by atoms with Crippen molar-refractivity contribution >= 4 is 39.1 Å². The van der Waals surface area contributed by atoms with E-state index in [-0.39, 0.29) is 18.2 Å². The Labute approximate surface area is 193 Å². The number of halogens is 2. The maximum Gasteiger partial charge on any atom is 0.224 e. The second-order valence-electron chi connectivity index (χ2n) is 7.56. The summed E-state index contributed by atoms with van der Waals surface area (Å²) in [7, 11) is -3.65. The maximum absolute atomic E-state index is 12.9. The van der Waals surface area contributed by atoms with Crippen molar-refractivity contribution in [3.05, 3.63) is 63.6 Å². The van der Waals surface area contributed by atoms with E-state index in [4.69, 9.17) is 27.9 Å². The van der Waals surface area contributed by atoms with Gasteiger partial charge < -0.3 is 10.1 Å². The molecule has 0 bridgehead atoms. The molecule has 9 heteroatoms. The Morgan fingerprint density at radius 3 is 2.58 bits per heavy atom. The van der Waals surface area contributed by atoms with Crippen LogP contribution in [0.4, 0.5) is 0 Å². The van der Waals surface area contributed by atoms with Gasteiger partial charge in [-0.3, -0.25) is 4.79 Å². The summed E-state index contributed by atoms with van der Waals surface area (Å²) in [6.45, 7) is 3.18. The van der Waals surface area contributed by atoms with Gasteiger partial charge in [0.25, 0.3) is 0 Å². The molecule has 6 nitrogen and oxygen atoms in total. The lowest BCUT2D eigenvalue weighted by Crippen LogP contribution is -2.46. The van der Waals surface area contributed by atoms with E-state index in [9.17, 15) is 13.2 Å². The Balaban J connectivity index is 1.53. The fraction of sp³-hybridized carbons (Fsp3) is 0.409. The molecule has 1 aliphatic rings. The van der Waals surface area contributed by atoms with E-state index in [2.05, 4.69) is 5.32 Å². The number of nitrogens with zero attached hydrogens (tertiary/aromatic N) is 1. The molecule has 1 heterocycles. The molecule has 1 saturated heterocycles. The Morgan fingerprint density at radius 1 is 1.16 bits per heavy atom. The highest BCUT2D eigenvalue weighted by Gasteiger charge is 2.33. The summed E-state index contributed by atoms with van der Waals surface area (Å²) in [6.07, 6.45) is 1.26. The smallest absolute Gasteiger partial charge is 0.224 e. The van der Waals surface area contributed by atoms with Crippen molar-refractivity contribution in [2.45, 2.75) is 25.5 Å². The summed E-state index contributed by atoms with van der Waals surface area (Å²) in [6, 6.07) is 12.6. The zero-order valence-corrected chi connectivity index (χ0v) is 19.6. The van der Waals surface area contributed by atoms with Crippen LogP contribution in [-0.2, 0) is 20.6 Å². The molecule has 0 aliphatic carbocycles. The summed E-state index contributed by atoms with van der Waals surface area (Å²) < 4.78 is 32.9. The number of nitrogens with one attached hydrogen (secondary N) is 1. The highest BCUT2D eigenvalue weighted by molar-refractivity contribution is 7.88. The fourth-order valence-electron chi connectivity index (χ4n) is 3.55. The first-order chi connectivity index (χ1) is 14.8. The van der Waals surface area contributed by atoms with Crippen LogP contribution < -0.4 is 10.1 Å². The molecule has 0 aromatic heterocycles. The number of benzene rings is 2. The van der Waals surface area contributed by atoms with E-state index in [1.54, 1.807) is 18.2 Å². The van der Waals surface area contributed by atoms with Gasteiger partial charge in [-0.2, -0.15) is 0 Å². The Bertz CT molecular complexity index is 1010.